The number of aromatic nitrogens is 1. The van der Waals surface area contributed by atoms with Crippen LogP contribution in [0.4, 0.5) is 34.1 Å². The molecule has 57 heavy (non-hydrogen) atoms. The Morgan fingerprint density at radius 3 is 1.91 bits per heavy atom. The summed E-state index contributed by atoms with van der Waals surface area (Å²) in [6, 6.07) is 58.2. The molecule has 0 saturated carbocycles. The molecule has 0 unspecified atom stereocenters. The highest BCUT2D eigenvalue weighted by molar-refractivity contribution is 7.27. The smallest absolute Gasteiger partial charge is 0.252 e. The SMILES string of the molecule is CC1(C)c2ccccc2N2c3cc4c5c6c3B(c3ccccc3N6c3ccccc3B5c3cc5c6ccccc6sc5c5c6ccccc6n-4c35)c3cccc1c32. The largest absolute Gasteiger partial charge is 0.312 e. The molecular formula is C51H31B2N3S. The van der Waals surface area contributed by atoms with E-state index in [2.05, 4.69) is 180 Å². The molecule has 2 aromatic heterocycles. The molecule has 0 aliphatic carbocycles. The van der Waals surface area contributed by atoms with Crippen LogP contribution in [-0.2, 0) is 5.41 Å². The molecule has 0 radical (unpaired) electrons. The summed E-state index contributed by atoms with van der Waals surface area (Å²) in [6.07, 6.45) is 0. The number of rotatable bonds is 0. The maximum Gasteiger partial charge on any atom is 0.252 e. The summed E-state index contributed by atoms with van der Waals surface area (Å²) in [7, 11) is 0. The molecule has 7 heterocycles. The quantitative estimate of drug-likeness (QED) is 0.144. The number of thiophene rings is 1. The van der Waals surface area contributed by atoms with Crippen molar-refractivity contribution < 1.29 is 0 Å². The van der Waals surface area contributed by atoms with E-state index < -0.39 is 0 Å². The Morgan fingerprint density at radius 1 is 0.474 bits per heavy atom. The van der Waals surface area contributed by atoms with Gasteiger partial charge >= 0.3 is 0 Å². The van der Waals surface area contributed by atoms with Crippen molar-refractivity contribution in [2.75, 3.05) is 9.80 Å². The van der Waals surface area contributed by atoms with E-state index in [4.69, 9.17) is 0 Å². The van der Waals surface area contributed by atoms with Crippen LogP contribution in [0, 0.1) is 0 Å². The van der Waals surface area contributed by atoms with E-state index in [1.807, 2.05) is 11.3 Å². The molecular weight excluding hydrogens is 708 g/mol. The predicted octanol–water partition coefficient (Wildman–Crippen LogP) is 9.02. The zero-order valence-electron chi connectivity index (χ0n) is 31.3. The molecule has 3 nitrogen and oxygen atoms in total. The molecule has 10 aromatic rings. The van der Waals surface area contributed by atoms with Crippen molar-refractivity contribution in [1.82, 2.24) is 4.57 Å². The van der Waals surface area contributed by atoms with Crippen LogP contribution in [-0.4, -0.2) is 18.0 Å². The number of hydrogen-bond donors (Lipinski definition) is 0. The highest BCUT2D eigenvalue weighted by Crippen LogP contribution is 2.55. The number of benzene rings is 8. The maximum absolute atomic E-state index is 2.66. The van der Waals surface area contributed by atoms with Crippen LogP contribution in [0.3, 0.4) is 0 Å². The molecule has 0 amide bonds. The molecule has 0 bridgehead atoms. The lowest BCUT2D eigenvalue weighted by atomic mass is 9.28. The van der Waals surface area contributed by atoms with E-state index in [1.165, 1.54) is 126 Å². The fourth-order valence-corrected chi connectivity index (χ4v) is 13.4. The molecule has 0 atom stereocenters. The van der Waals surface area contributed by atoms with E-state index in [1.54, 1.807) is 0 Å². The Morgan fingerprint density at radius 2 is 1.09 bits per heavy atom. The molecule has 6 heteroatoms. The molecule has 15 rings (SSSR count). The zero-order valence-corrected chi connectivity index (χ0v) is 32.2. The van der Waals surface area contributed by atoms with Crippen molar-refractivity contribution in [3.8, 4) is 5.69 Å². The van der Waals surface area contributed by atoms with Gasteiger partial charge in [0.25, 0.3) is 13.4 Å². The van der Waals surface area contributed by atoms with Crippen LogP contribution in [0.1, 0.15) is 25.0 Å². The van der Waals surface area contributed by atoms with Gasteiger partial charge in [-0.05, 0) is 80.3 Å². The van der Waals surface area contributed by atoms with Gasteiger partial charge in [-0.3, -0.25) is 0 Å². The van der Waals surface area contributed by atoms with Gasteiger partial charge in [0.05, 0.1) is 16.7 Å². The third-order valence-electron chi connectivity index (χ3n) is 14.3. The molecule has 0 spiro atoms. The van der Waals surface area contributed by atoms with Gasteiger partial charge < -0.3 is 14.4 Å². The van der Waals surface area contributed by atoms with Crippen molar-refractivity contribution in [1.29, 1.82) is 0 Å². The summed E-state index contributed by atoms with van der Waals surface area (Å²) < 4.78 is 5.40. The average Bonchev–Trinajstić information content (AvgIpc) is 3.80. The summed E-state index contributed by atoms with van der Waals surface area (Å²) in [5.74, 6) is 0. The maximum atomic E-state index is 2.66. The average molecular weight is 740 g/mol. The van der Waals surface area contributed by atoms with Gasteiger partial charge in [0.1, 0.15) is 0 Å². The topological polar surface area (TPSA) is 11.4 Å². The summed E-state index contributed by atoms with van der Waals surface area (Å²) in [6.45, 7) is 4.99. The van der Waals surface area contributed by atoms with Crippen LogP contribution in [0.5, 0.6) is 0 Å². The Bertz CT molecular complexity index is 3560. The van der Waals surface area contributed by atoms with Gasteiger partial charge in [-0.25, -0.2) is 0 Å². The van der Waals surface area contributed by atoms with Gasteiger partial charge in [0.2, 0.25) is 0 Å². The van der Waals surface area contributed by atoms with E-state index in [-0.39, 0.29) is 18.8 Å². The second-order valence-corrected chi connectivity index (χ2v) is 18.2. The second-order valence-electron chi connectivity index (χ2n) is 17.1. The van der Waals surface area contributed by atoms with Crippen molar-refractivity contribution >= 4 is 134 Å². The predicted molar refractivity (Wildman–Crippen MR) is 244 cm³/mol. The highest BCUT2D eigenvalue weighted by Gasteiger charge is 2.53. The first-order valence-electron chi connectivity index (χ1n) is 20.2. The normalized spacial score (nSPS) is 15.5. The fourth-order valence-electron chi connectivity index (χ4n) is 12.1. The van der Waals surface area contributed by atoms with Crippen LogP contribution in [0.2, 0.25) is 0 Å². The van der Waals surface area contributed by atoms with Crippen molar-refractivity contribution in [2.24, 2.45) is 0 Å². The molecule has 5 aliphatic rings. The monoisotopic (exact) mass is 739 g/mol. The number of nitrogens with zero attached hydrogens (tertiary/aromatic N) is 3. The van der Waals surface area contributed by atoms with E-state index in [9.17, 15) is 0 Å². The fraction of sp³-hybridized carbons (Fsp3) is 0.0588. The minimum Gasteiger partial charge on any atom is -0.312 e. The number of para-hydroxylation sites is 5. The van der Waals surface area contributed by atoms with E-state index in [0.717, 1.165) is 0 Å². The lowest BCUT2D eigenvalue weighted by Crippen LogP contribution is -2.68. The minimum absolute atomic E-state index is 0.0707. The number of anilines is 6. The Balaban J connectivity index is 1.19. The van der Waals surface area contributed by atoms with Gasteiger partial charge in [0, 0.05) is 70.5 Å². The van der Waals surface area contributed by atoms with Crippen LogP contribution < -0.4 is 42.6 Å². The van der Waals surface area contributed by atoms with Gasteiger partial charge in [-0.15, -0.1) is 11.3 Å². The Labute approximate surface area is 334 Å². The highest BCUT2D eigenvalue weighted by atomic mass is 32.1. The Kier molecular flexibility index (Phi) is 5.07. The lowest BCUT2D eigenvalue weighted by molar-refractivity contribution is 0.632. The molecule has 8 aromatic carbocycles. The summed E-state index contributed by atoms with van der Waals surface area (Å²) in [4.78, 5) is 5.31. The van der Waals surface area contributed by atoms with Gasteiger partial charge in [0.15, 0.2) is 0 Å². The van der Waals surface area contributed by atoms with E-state index >= 15 is 0 Å². The van der Waals surface area contributed by atoms with E-state index in [0.29, 0.717) is 0 Å². The lowest BCUT2D eigenvalue weighted by Gasteiger charge is -2.52. The Hall–Kier alpha value is -6.49. The first-order chi connectivity index (χ1) is 28.1. The third-order valence-corrected chi connectivity index (χ3v) is 15.5. The van der Waals surface area contributed by atoms with Gasteiger partial charge in [-0.1, -0.05) is 129 Å². The van der Waals surface area contributed by atoms with Crippen LogP contribution >= 0.6 is 11.3 Å². The van der Waals surface area contributed by atoms with Gasteiger partial charge in [-0.2, -0.15) is 0 Å². The molecule has 0 saturated heterocycles. The second kappa shape index (κ2) is 9.72. The molecule has 5 aliphatic heterocycles. The first kappa shape index (κ1) is 29.8. The summed E-state index contributed by atoms with van der Waals surface area (Å²) in [5.41, 5.74) is 22.8. The zero-order chi connectivity index (χ0) is 37.1. The number of hydrogen-bond acceptors (Lipinski definition) is 3. The minimum atomic E-state index is -0.153. The summed E-state index contributed by atoms with van der Waals surface area (Å²) >= 11 is 1.95. The van der Waals surface area contributed by atoms with Crippen LogP contribution in [0.25, 0.3) is 47.7 Å². The first-order valence-corrected chi connectivity index (χ1v) is 21.0. The van der Waals surface area contributed by atoms with Crippen molar-refractivity contribution in [3.63, 3.8) is 0 Å². The van der Waals surface area contributed by atoms with Crippen LogP contribution in [0.15, 0.2) is 152 Å². The van der Waals surface area contributed by atoms with Crippen molar-refractivity contribution in [2.45, 2.75) is 19.3 Å². The molecule has 262 valence electrons. The summed E-state index contributed by atoms with van der Waals surface area (Å²) in [5, 5.41) is 5.43. The molecule has 0 N–H and O–H groups in total. The third kappa shape index (κ3) is 3.21. The standard InChI is InChI=1S/C51H31B2N3S/c1-51(2)31-16-5-9-22-38(31)55-42-27-41-46-49-45(42)52(35-20-13-17-32(51)47(35)55)33-18-6-10-23-39(33)56(49)40-24-11-7-19-34(40)53(46)36-26-30-28-14-4-12-25-43(28)57-50(30)44-29-15-3-8-21-37(29)54(41)48(36)44/h3-27H,1-2H3. The molecule has 0 fully saturated rings. The van der Waals surface area contributed by atoms with Crippen molar-refractivity contribution in [3.05, 3.63) is 163 Å². The number of fused-ring (bicyclic) bond motifs is 19.